The van der Waals surface area contributed by atoms with Gasteiger partial charge in [-0.3, -0.25) is 14.4 Å². The smallest absolute Gasteiger partial charge is 0.323 e. The van der Waals surface area contributed by atoms with Crippen LogP contribution in [0.4, 0.5) is 0 Å². The van der Waals surface area contributed by atoms with Crippen LogP contribution < -0.4 is 0 Å². The number of carboxylic acids is 1. The normalized spacial score (nSPS) is 19.8. The monoisotopic (exact) mass is 326 g/mol. The average Bonchev–Trinajstić information content (AvgIpc) is 2.70. The first kappa shape index (κ1) is 19.5. The molecule has 1 aliphatic heterocycles. The number of carbonyl (C=O) groups excluding carboxylic acids is 2. The van der Waals surface area contributed by atoms with Gasteiger partial charge in [0.05, 0.1) is 0 Å². The molecule has 1 fully saturated rings. The van der Waals surface area contributed by atoms with Crippen LogP contribution in [0.15, 0.2) is 0 Å². The van der Waals surface area contributed by atoms with Gasteiger partial charge in [-0.25, -0.2) is 0 Å². The molecule has 0 aromatic heterocycles. The number of hydrogen-bond acceptors (Lipinski definition) is 3. The first-order chi connectivity index (χ1) is 10.8. The van der Waals surface area contributed by atoms with Gasteiger partial charge in [0.1, 0.15) is 6.54 Å². The number of likely N-dealkylation sites (tertiary alicyclic amines) is 1. The van der Waals surface area contributed by atoms with E-state index in [1.165, 1.54) is 11.8 Å². The van der Waals surface area contributed by atoms with Crippen LogP contribution in [0.1, 0.15) is 59.3 Å². The van der Waals surface area contributed by atoms with Crippen molar-refractivity contribution >= 4 is 17.8 Å². The Hall–Kier alpha value is -1.59. The van der Waals surface area contributed by atoms with E-state index in [1.54, 1.807) is 0 Å². The third kappa shape index (κ3) is 6.59. The Bertz CT molecular complexity index is 425. The topological polar surface area (TPSA) is 77.9 Å². The minimum absolute atomic E-state index is 0.0885. The summed E-state index contributed by atoms with van der Waals surface area (Å²) in [6, 6.07) is -0.0885. The Morgan fingerprint density at radius 1 is 1.26 bits per heavy atom. The number of hydrogen-bond donors (Lipinski definition) is 1. The van der Waals surface area contributed by atoms with Crippen molar-refractivity contribution in [1.29, 1.82) is 0 Å². The van der Waals surface area contributed by atoms with Gasteiger partial charge in [-0.15, -0.1) is 0 Å². The molecular formula is C17H30N2O4. The Kier molecular flexibility index (Phi) is 8.06. The highest BCUT2D eigenvalue weighted by molar-refractivity contribution is 5.80. The fourth-order valence-corrected chi connectivity index (χ4v) is 3.31. The van der Waals surface area contributed by atoms with Gasteiger partial charge in [-0.2, -0.15) is 0 Å². The quantitative estimate of drug-likeness (QED) is 0.777. The molecule has 0 saturated carbocycles. The minimum Gasteiger partial charge on any atom is -0.480 e. The molecule has 1 saturated heterocycles. The molecule has 132 valence electrons. The van der Waals surface area contributed by atoms with Gasteiger partial charge in [0.2, 0.25) is 11.8 Å². The maximum atomic E-state index is 12.4. The highest BCUT2D eigenvalue weighted by Gasteiger charge is 2.27. The maximum Gasteiger partial charge on any atom is 0.323 e. The second-order valence-electron chi connectivity index (χ2n) is 6.60. The summed E-state index contributed by atoms with van der Waals surface area (Å²) in [5.74, 6) is -0.633. The number of rotatable bonds is 7. The van der Waals surface area contributed by atoms with Gasteiger partial charge < -0.3 is 14.9 Å². The molecule has 23 heavy (non-hydrogen) atoms. The minimum atomic E-state index is -0.995. The Balaban J connectivity index is 2.59. The molecule has 1 rings (SSSR count). The summed E-state index contributed by atoms with van der Waals surface area (Å²) >= 11 is 0. The van der Waals surface area contributed by atoms with Crippen LogP contribution >= 0.6 is 0 Å². The predicted octanol–water partition coefficient (Wildman–Crippen LogP) is 2.13. The summed E-state index contributed by atoms with van der Waals surface area (Å²) in [6.07, 6.45) is 4.92. The van der Waals surface area contributed by atoms with Gasteiger partial charge in [0.15, 0.2) is 0 Å². The molecule has 0 aromatic rings. The molecule has 2 amide bonds. The van der Waals surface area contributed by atoms with Crippen LogP contribution in [0.3, 0.4) is 0 Å². The molecule has 1 N–H and O–H groups in total. The van der Waals surface area contributed by atoms with Crippen LogP contribution in [-0.2, 0) is 14.4 Å². The molecule has 6 nitrogen and oxygen atoms in total. The Morgan fingerprint density at radius 3 is 2.52 bits per heavy atom. The van der Waals surface area contributed by atoms with E-state index in [1.807, 2.05) is 4.90 Å². The molecule has 2 unspecified atom stereocenters. The lowest BCUT2D eigenvalue weighted by Crippen LogP contribution is -2.43. The molecule has 0 aliphatic carbocycles. The SMILES string of the molecule is CCCC(C)CC(=O)N1CCCC(N(CC(=O)O)C(C)=O)CC1. The summed E-state index contributed by atoms with van der Waals surface area (Å²) in [7, 11) is 0. The molecule has 2 atom stereocenters. The largest absolute Gasteiger partial charge is 0.480 e. The maximum absolute atomic E-state index is 12.4. The summed E-state index contributed by atoms with van der Waals surface area (Å²) < 4.78 is 0. The highest BCUT2D eigenvalue weighted by Crippen LogP contribution is 2.19. The number of amides is 2. The van der Waals surface area contributed by atoms with E-state index in [-0.39, 0.29) is 24.4 Å². The average molecular weight is 326 g/mol. The van der Waals surface area contributed by atoms with Crippen molar-refractivity contribution in [2.24, 2.45) is 5.92 Å². The zero-order chi connectivity index (χ0) is 17.4. The molecule has 6 heteroatoms. The summed E-state index contributed by atoms with van der Waals surface area (Å²) in [5.41, 5.74) is 0. The predicted molar refractivity (Wildman–Crippen MR) is 87.9 cm³/mol. The second-order valence-corrected chi connectivity index (χ2v) is 6.60. The van der Waals surface area contributed by atoms with E-state index < -0.39 is 5.97 Å². The standard InChI is InChI=1S/C17H30N2O4/c1-4-6-13(2)11-16(21)18-9-5-7-15(8-10-18)19(14(3)20)12-17(22)23/h13,15H,4-12H2,1-3H3,(H,22,23). The number of carboxylic acid groups (broad SMARTS) is 1. The summed E-state index contributed by atoms with van der Waals surface area (Å²) in [4.78, 5) is 38.3. The van der Waals surface area contributed by atoms with Crippen molar-refractivity contribution in [2.75, 3.05) is 19.6 Å². The lowest BCUT2D eigenvalue weighted by atomic mass is 10.0. The van der Waals surface area contributed by atoms with Crippen LogP contribution in [0.2, 0.25) is 0 Å². The lowest BCUT2D eigenvalue weighted by Gasteiger charge is -2.29. The molecule has 0 radical (unpaired) electrons. The molecule has 1 aliphatic rings. The first-order valence-electron chi connectivity index (χ1n) is 8.61. The fourth-order valence-electron chi connectivity index (χ4n) is 3.31. The molecule has 0 aromatic carbocycles. The van der Waals surface area contributed by atoms with Gasteiger partial charge in [0, 0.05) is 32.5 Å². The van der Waals surface area contributed by atoms with Gasteiger partial charge in [0.25, 0.3) is 0 Å². The van der Waals surface area contributed by atoms with Crippen LogP contribution in [0.25, 0.3) is 0 Å². The number of carbonyl (C=O) groups is 3. The van der Waals surface area contributed by atoms with Crippen molar-refractivity contribution in [3.63, 3.8) is 0 Å². The van der Waals surface area contributed by atoms with E-state index in [4.69, 9.17) is 5.11 Å². The molecule has 1 heterocycles. The van der Waals surface area contributed by atoms with E-state index in [2.05, 4.69) is 13.8 Å². The number of aliphatic carboxylic acids is 1. The Morgan fingerprint density at radius 2 is 1.96 bits per heavy atom. The van der Waals surface area contributed by atoms with Crippen LogP contribution in [0.5, 0.6) is 0 Å². The van der Waals surface area contributed by atoms with E-state index in [9.17, 15) is 14.4 Å². The van der Waals surface area contributed by atoms with Gasteiger partial charge >= 0.3 is 5.97 Å². The fraction of sp³-hybridized carbons (Fsp3) is 0.824. The van der Waals surface area contributed by atoms with Crippen molar-refractivity contribution < 1.29 is 19.5 Å². The zero-order valence-corrected chi connectivity index (χ0v) is 14.6. The van der Waals surface area contributed by atoms with Crippen molar-refractivity contribution in [2.45, 2.75) is 65.3 Å². The van der Waals surface area contributed by atoms with E-state index in [0.717, 1.165) is 25.7 Å². The third-order valence-corrected chi connectivity index (χ3v) is 4.51. The molecule has 0 spiro atoms. The van der Waals surface area contributed by atoms with Crippen LogP contribution in [0, 0.1) is 5.92 Å². The lowest BCUT2D eigenvalue weighted by molar-refractivity contribution is -0.145. The Labute approximate surface area is 138 Å². The van der Waals surface area contributed by atoms with Gasteiger partial charge in [-0.05, 0) is 25.2 Å². The van der Waals surface area contributed by atoms with Crippen molar-refractivity contribution in [1.82, 2.24) is 9.80 Å². The molecule has 0 bridgehead atoms. The van der Waals surface area contributed by atoms with E-state index >= 15 is 0 Å². The highest BCUT2D eigenvalue weighted by atomic mass is 16.4. The summed E-state index contributed by atoms with van der Waals surface area (Å²) in [6.45, 7) is 6.67. The third-order valence-electron chi connectivity index (χ3n) is 4.51. The number of nitrogens with zero attached hydrogens (tertiary/aromatic N) is 2. The van der Waals surface area contributed by atoms with Crippen molar-refractivity contribution in [3.05, 3.63) is 0 Å². The zero-order valence-electron chi connectivity index (χ0n) is 14.6. The van der Waals surface area contributed by atoms with Crippen molar-refractivity contribution in [3.8, 4) is 0 Å². The van der Waals surface area contributed by atoms with E-state index in [0.29, 0.717) is 31.8 Å². The summed E-state index contributed by atoms with van der Waals surface area (Å²) in [5, 5.41) is 8.97. The second kappa shape index (κ2) is 9.53. The van der Waals surface area contributed by atoms with Gasteiger partial charge in [-0.1, -0.05) is 26.7 Å². The molecular weight excluding hydrogens is 296 g/mol. The van der Waals surface area contributed by atoms with Crippen LogP contribution in [-0.4, -0.2) is 58.4 Å². The first-order valence-corrected chi connectivity index (χ1v) is 8.61.